The van der Waals surface area contributed by atoms with E-state index in [2.05, 4.69) is 6.92 Å². The van der Waals surface area contributed by atoms with Crippen LogP contribution in [0.5, 0.6) is 0 Å². The third-order valence-corrected chi connectivity index (χ3v) is 1.73. The molecule has 0 fully saturated rings. The highest BCUT2D eigenvalue weighted by atomic mass is 16.3. The molecule has 0 aromatic heterocycles. The Morgan fingerprint density at radius 3 is 2.40 bits per heavy atom. The van der Waals surface area contributed by atoms with Crippen LogP contribution < -0.4 is 5.84 Å². The van der Waals surface area contributed by atoms with Crippen LogP contribution in [0.2, 0.25) is 0 Å². The summed E-state index contributed by atoms with van der Waals surface area (Å²) in [5, 5.41) is 10.5. The molecule has 0 spiro atoms. The van der Waals surface area contributed by atoms with Gasteiger partial charge in [0.15, 0.2) is 0 Å². The molecule has 0 aromatic carbocycles. The maximum absolute atomic E-state index is 8.79. The predicted molar refractivity (Wildman–Crippen MR) is 42.3 cm³/mol. The smallest absolute Gasteiger partial charge is 0.0471 e. The van der Waals surface area contributed by atoms with Gasteiger partial charge in [-0.3, -0.25) is 5.84 Å². The quantitative estimate of drug-likeness (QED) is 0.430. The average Bonchev–Trinajstić information content (AvgIpc) is 1.99. The van der Waals surface area contributed by atoms with Crippen molar-refractivity contribution in [2.75, 3.05) is 19.7 Å². The molecule has 0 rings (SSSR count). The molecule has 0 heterocycles. The Hall–Kier alpha value is -0.120. The monoisotopic (exact) mass is 146 g/mol. The van der Waals surface area contributed by atoms with Crippen molar-refractivity contribution >= 4 is 0 Å². The van der Waals surface area contributed by atoms with Gasteiger partial charge >= 0.3 is 0 Å². The van der Waals surface area contributed by atoms with Crippen LogP contribution in [0.4, 0.5) is 0 Å². The minimum absolute atomic E-state index is 0.240. The summed E-state index contributed by atoms with van der Waals surface area (Å²) in [6.07, 6.45) is 0.990. The van der Waals surface area contributed by atoms with Gasteiger partial charge in [-0.05, 0) is 12.3 Å². The summed E-state index contributed by atoms with van der Waals surface area (Å²) in [5.41, 5.74) is 0. The molecule has 0 aliphatic heterocycles. The average molecular weight is 146 g/mol. The fourth-order valence-electron chi connectivity index (χ4n) is 0.777. The highest BCUT2D eigenvalue weighted by molar-refractivity contribution is 4.57. The summed E-state index contributed by atoms with van der Waals surface area (Å²) in [4.78, 5) is 0. The van der Waals surface area contributed by atoms with Gasteiger partial charge in [0, 0.05) is 19.7 Å². The van der Waals surface area contributed by atoms with Crippen molar-refractivity contribution in [2.24, 2.45) is 11.8 Å². The first-order valence-electron chi connectivity index (χ1n) is 3.85. The molecule has 1 atom stereocenters. The number of hydrogen-bond acceptors (Lipinski definition) is 3. The van der Waals surface area contributed by atoms with E-state index in [0.29, 0.717) is 5.92 Å². The van der Waals surface area contributed by atoms with Gasteiger partial charge in [0.05, 0.1) is 0 Å². The van der Waals surface area contributed by atoms with E-state index in [1.165, 1.54) is 0 Å². The summed E-state index contributed by atoms with van der Waals surface area (Å²) < 4.78 is 0. The van der Waals surface area contributed by atoms with E-state index in [9.17, 15) is 0 Å². The van der Waals surface area contributed by atoms with Gasteiger partial charge in [0.2, 0.25) is 0 Å². The molecule has 10 heavy (non-hydrogen) atoms. The van der Waals surface area contributed by atoms with E-state index < -0.39 is 0 Å². The van der Waals surface area contributed by atoms with Gasteiger partial charge in [-0.15, -0.1) is 0 Å². The Morgan fingerprint density at radius 2 is 2.10 bits per heavy atom. The number of hydrogen-bond donors (Lipinski definition) is 2. The number of nitrogens with two attached hydrogens (primary N) is 1. The molecule has 3 heteroatoms. The Balaban J connectivity index is 3.41. The molecule has 0 saturated heterocycles. The number of aliphatic hydroxyl groups is 1. The molecule has 0 aliphatic rings. The maximum atomic E-state index is 8.79. The van der Waals surface area contributed by atoms with E-state index in [1.54, 1.807) is 5.01 Å². The van der Waals surface area contributed by atoms with Crippen LogP contribution in [0.1, 0.15) is 20.3 Å². The van der Waals surface area contributed by atoms with Gasteiger partial charge in [-0.25, -0.2) is 5.01 Å². The van der Waals surface area contributed by atoms with Crippen LogP contribution in [0, 0.1) is 5.92 Å². The Morgan fingerprint density at radius 1 is 1.50 bits per heavy atom. The predicted octanol–water partition coefficient (Wildman–Crippen LogP) is 0.201. The van der Waals surface area contributed by atoms with E-state index in [-0.39, 0.29) is 6.61 Å². The van der Waals surface area contributed by atoms with Gasteiger partial charge < -0.3 is 5.11 Å². The summed E-state index contributed by atoms with van der Waals surface area (Å²) in [6.45, 7) is 5.94. The van der Waals surface area contributed by atoms with Crippen LogP contribution in [-0.4, -0.2) is 29.8 Å². The van der Waals surface area contributed by atoms with Crippen molar-refractivity contribution in [3.05, 3.63) is 0 Å². The van der Waals surface area contributed by atoms with Gasteiger partial charge in [0.1, 0.15) is 0 Å². The SMILES string of the molecule is CCC(CO)CN(N)CC. The summed E-state index contributed by atoms with van der Waals surface area (Å²) >= 11 is 0. The molecule has 0 bridgehead atoms. The fraction of sp³-hybridized carbons (Fsp3) is 1.00. The standard InChI is InChI=1S/C7H18N2O/c1-3-7(6-10)5-9(8)4-2/h7,10H,3-6,8H2,1-2H3. The van der Waals surface area contributed by atoms with Crippen LogP contribution in [-0.2, 0) is 0 Å². The van der Waals surface area contributed by atoms with Crippen molar-refractivity contribution in [3.63, 3.8) is 0 Å². The lowest BCUT2D eigenvalue weighted by Crippen LogP contribution is -2.36. The van der Waals surface area contributed by atoms with Crippen molar-refractivity contribution in [3.8, 4) is 0 Å². The molecule has 0 radical (unpaired) electrons. The van der Waals surface area contributed by atoms with Crippen LogP contribution in [0.25, 0.3) is 0 Å². The number of aliphatic hydroxyl groups excluding tert-OH is 1. The third-order valence-electron chi connectivity index (χ3n) is 1.73. The largest absolute Gasteiger partial charge is 0.396 e. The molecular formula is C7H18N2O. The minimum Gasteiger partial charge on any atom is -0.396 e. The Bertz CT molecular complexity index is 74.0. The molecule has 62 valence electrons. The highest BCUT2D eigenvalue weighted by Crippen LogP contribution is 2.00. The topological polar surface area (TPSA) is 49.5 Å². The normalized spacial score (nSPS) is 14.1. The molecule has 3 nitrogen and oxygen atoms in total. The summed E-state index contributed by atoms with van der Waals surface area (Å²) in [5.74, 6) is 5.89. The zero-order valence-corrected chi connectivity index (χ0v) is 6.88. The van der Waals surface area contributed by atoms with Gasteiger partial charge in [-0.2, -0.15) is 0 Å². The Kier molecular flexibility index (Phi) is 5.58. The van der Waals surface area contributed by atoms with E-state index >= 15 is 0 Å². The molecule has 0 aliphatic carbocycles. The number of hydrazine groups is 1. The molecular weight excluding hydrogens is 128 g/mol. The highest BCUT2D eigenvalue weighted by Gasteiger charge is 2.06. The minimum atomic E-state index is 0.240. The second-order valence-electron chi connectivity index (χ2n) is 2.54. The first-order valence-corrected chi connectivity index (χ1v) is 3.85. The zero-order valence-electron chi connectivity index (χ0n) is 6.88. The molecule has 0 amide bonds. The first-order chi connectivity index (χ1) is 4.74. The number of rotatable bonds is 5. The van der Waals surface area contributed by atoms with Gasteiger partial charge in [-0.1, -0.05) is 13.8 Å². The molecule has 3 N–H and O–H groups in total. The summed E-state index contributed by atoms with van der Waals surface area (Å²) in [6, 6.07) is 0. The molecule has 0 saturated carbocycles. The zero-order chi connectivity index (χ0) is 7.98. The van der Waals surface area contributed by atoms with Crippen LogP contribution in [0.3, 0.4) is 0 Å². The first kappa shape index (κ1) is 9.88. The van der Waals surface area contributed by atoms with E-state index in [1.807, 2.05) is 6.92 Å². The van der Waals surface area contributed by atoms with Crippen molar-refractivity contribution in [2.45, 2.75) is 20.3 Å². The van der Waals surface area contributed by atoms with E-state index in [4.69, 9.17) is 10.9 Å². The fourth-order valence-corrected chi connectivity index (χ4v) is 0.777. The lowest BCUT2D eigenvalue weighted by atomic mass is 10.1. The third kappa shape index (κ3) is 3.82. The lowest BCUT2D eigenvalue weighted by molar-refractivity contribution is 0.165. The van der Waals surface area contributed by atoms with Crippen LogP contribution in [0.15, 0.2) is 0 Å². The summed E-state index contributed by atoms with van der Waals surface area (Å²) in [7, 11) is 0. The Labute approximate surface area is 62.8 Å². The second kappa shape index (κ2) is 5.65. The van der Waals surface area contributed by atoms with Crippen LogP contribution >= 0.6 is 0 Å². The second-order valence-corrected chi connectivity index (χ2v) is 2.54. The van der Waals surface area contributed by atoms with E-state index in [0.717, 1.165) is 19.5 Å². The van der Waals surface area contributed by atoms with Crippen molar-refractivity contribution in [1.82, 2.24) is 5.01 Å². The van der Waals surface area contributed by atoms with Crippen molar-refractivity contribution < 1.29 is 5.11 Å². The van der Waals surface area contributed by atoms with Crippen molar-refractivity contribution in [1.29, 1.82) is 0 Å². The molecule has 1 unspecified atom stereocenters. The molecule has 0 aromatic rings. The number of nitrogens with zero attached hydrogens (tertiary/aromatic N) is 1. The maximum Gasteiger partial charge on any atom is 0.0471 e. The lowest BCUT2D eigenvalue weighted by Gasteiger charge is -2.19. The van der Waals surface area contributed by atoms with Gasteiger partial charge in [0.25, 0.3) is 0 Å².